The molecule has 2 heterocycles. The van der Waals surface area contributed by atoms with E-state index in [-0.39, 0.29) is 17.2 Å². The Morgan fingerprint density at radius 2 is 1.97 bits per heavy atom. The molecule has 2 N–H and O–H groups in total. The Hall–Kier alpha value is -2.60. The summed E-state index contributed by atoms with van der Waals surface area (Å²) in [6, 6.07) is 22.1. The first kappa shape index (κ1) is 21.6. The zero-order chi connectivity index (χ0) is 21.6. The van der Waals surface area contributed by atoms with Crippen LogP contribution in [0, 0.1) is 0 Å². The predicted octanol–water partition coefficient (Wildman–Crippen LogP) is 6.29. The van der Waals surface area contributed by atoms with Crippen LogP contribution in [-0.2, 0) is 11.3 Å². The van der Waals surface area contributed by atoms with E-state index in [0.717, 1.165) is 17.7 Å². The minimum absolute atomic E-state index is 0.131. The second kappa shape index (κ2) is 10.1. The lowest BCUT2D eigenvalue weighted by atomic mass is 10.1. The fourth-order valence-corrected chi connectivity index (χ4v) is 4.72. The highest BCUT2D eigenvalue weighted by Gasteiger charge is 2.25. The third-order valence-electron chi connectivity index (χ3n) is 5.22. The molecule has 1 aliphatic rings. The quantitative estimate of drug-likeness (QED) is 0.445. The highest BCUT2D eigenvalue weighted by atomic mass is 35.5. The number of benzene rings is 2. The average molecular weight is 450 g/mol. The number of thioether (sulfide) groups is 1. The van der Waals surface area contributed by atoms with Gasteiger partial charge < -0.3 is 10.6 Å². The highest BCUT2D eigenvalue weighted by Crippen LogP contribution is 2.43. The van der Waals surface area contributed by atoms with Crippen molar-refractivity contribution < 1.29 is 4.79 Å². The number of hydrogen-bond acceptors (Lipinski definition) is 4. The average Bonchev–Trinajstić information content (AvgIpc) is 3.31. The fourth-order valence-electron chi connectivity index (χ4n) is 3.45. The van der Waals surface area contributed by atoms with E-state index in [2.05, 4.69) is 34.7 Å². The van der Waals surface area contributed by atoms with Gasteiger partial charge in [0.1, 0.15) is 0 Å². The van der Waals surface area contributed by atoms with Crippen LogP contribution in [0.15, 0.2) is 83.9 Å². The van der Waals surface area contributed by atoms with Crippen molar-refractivity contribution >= 4 is 35.0 Å². The number of amides is 1. The number of hydrogen-bond donors (Lipinski definition) is 2. The van der Waals surface area contributed by atoms with Crippen molar-refractivity contribution in [2.45, 2.75) is 31.2 Å². The molecule has 0 saturated heterocycles. The van der Waals surface area contributed by atoms with E-state index in [9.17, 15) is 4.79 Å². The zero-order valence-electron chi connectivity index (χ0n) is 17.2. The SMILES string of the molecule is C[C@@H](NCc1ccc(Cl)c(NC(=O)C2=CCC(c3ccccn3)S2)c1)c1ccccc1. The van der Waals surface area contributed by atoms with E-state index in [0.29, 0.717) is 22.2 Å². The van der Waals surface area contributed by atoms with Gasteiger partial charge in [-0.25, -0.2) is 0 Å². The number of allylic oxidation sites excluding steroid dienone is 1. The van der Waals surface area contributed by atoms with Gasteiger partial charge in [-0.3, -0.25) is 9.78 Å². The molecule has 0 aliphatic carbocycles. The van der Waals surface area contributed by atoms with Gasteiger partial charge in [0.05, 0.1) is 26.6 Å². The standard InChI is InChI=1S/C25H24ClN3OS/c1-17(19-7-3-2-4-8-19)28-16-18-10-11-20(26)22(15-18)29-25(30)24-13-12-23(31-24)21-9-5-6-14-27-21/h2-11,13-15,17,23,28H,12,16H2,1H3,(H,29,30)/t17-,23?/m1/s1. The van der Waals surface area contributed by atoms with Crippen LogP contribution in [0.25, 0.3) is 0 Å². The molecule has 0 saturated carbocycles. The molecule has 31 heavy (non-hydrogen) atoms. The number of pyridine rings is 1. The van der Waals surface area contributed by atoms with Gasteiger partial charge in [-0.15, -0.1) is 11.8 Å². The monoisotopic (exact) mass is 449 g/mol. The maximum Gasteiger partial charge on any atom is 0.261 e. The van der Waals surface area contributed by atoms with Crippen LogP contribution >= 0.6 is 23.4 Å². The second-order valence-corrected chi connectivity index (χ2v) is 9.10. The molecular weight excluding hydrogens is 426 g/mol. The third kappa shape index (κ3) is 5.56. The molecule has 1 aromatic heterocycles. The topological polar surface area (TPSA) is 54.0 Å². The number of carbonyl (C=O) groups is 1. The molecule has 1 amide bonds. The molecule has 4 nitrogen and oxygen atoms in total. The van der Waals surface area contributed by atoms with Crippen LogP contribution in [0.1, 0.15) is 41.5 Å². The lowest BCUT2D eigenvalue weighted by Crippen LogP contribution is -2.18. The minimum Gasteiger partial charge on any atom is -0.320 e. The summed E-state index contributed by atoms with van der Waals surface area (Å²) in [5, 5.41) is 7.19. The summed E-state index contributed by atoms with van der Waals surface area (Å²) in [6.07, 6.45) is 4.55. The number of anilines is 1. The Balaban J connectivity index is 1.37. The van der Waals surface area contributed by atoms with Crippen LogP contribution in [0.5, 0.6) is 0 Å². The molecule has 1 unspecified atom stereocenters. The summed E-state index contributed by atoms with van der Waals surface area (Å²) in [6.45, 7) is 2.81. The molecule has 2 aromatic carbocycles. The second-order valence-electron chi connectivity index (χ2n) is 7.45. The van der Waals surface area contributed by atoms with E-state index in [1.807, 2.05) is 60.7 Å². The maximum absolute atomic E-state index is 12.8. The highest BCUT2D eigenvalue weighted by molar-refractivity contribution is 8.04. The molecule has 6 heteroatoms. The van der Waals surface area contributed by atoms with Crippen LogP contribution in [0.3, 0.4) is 0 Å². The van der Waals surface area contributed by atoms with Gasteiger partial charge in [-0.1, -0.05) is 60.1 Å². The van der Waals surface area contributed by atoms with Gasteiger partial charge in [0.15, 0.2) is 0 Å². The first-order chi connectivity index (χ1) is 15.1. The van der Waals surface area contributed by atoms with E-state index in [1.54, 1.807) is 18.0 Å². The first-order valence-corrected chi connectivity index (χ1v) is 11.5. The third-order valence-corrected chi connectivity index (χ3v) is 6.87. The first-order valence-electron chi connectivity index (χ1n) is 10.3. The van der Waals surface area contributed by atoms with Gasteiger partial charge in [0.2, 0.25) is 0 Å². The summed E-state index contributed by atoms with van der Waals surface area (Å²) in [5.41, 5.74) is 3.91. The van der Waals surface area contributed by atoms with Crippen molar-refractivity contribution in [1.29, 1.82) is 0 Å². The molecule has 158 valence electrons. The number of aromatic nitrogens is 1. The summed E-state index contributed by atoms with van der Waals surface area (Å²) in [4.78, 5) is 17.9. The number of carbonyl (C=O) groups excluding carboxylic acids is 1. The summed E-state index contributed by atoms with van der Waals surface area (Å²) in [7, 11) is 0. The molecule has 4 rings (SSSR count). The van der Waals surface area contributed by atoms with Crippen LogP contribution in [-0.4, -0.2) is 10.9 Å². The van der Waals surface area contributed by atoms with E-state index >= 15 is 0 Å². The van der Waals surface area contributed by atoms with Crippen LogP contribution in [0.4, 0.5) is 5.69 Å². The number of nitrogens with one attached hydrogen (secondary N) is 2. The summed E-state index contributed by atoms with van der Waals surface area (Å²) in [5.74, 6) is -0.131. The van der Waals surface area contributed by atoms with Crippen molar-refractivity contribution in [2.75, 3.05) is 5.32 Å². The molecule has 3 aromatic rings. The van der Waals surface area contributed by atoms with Gasteiger partial charge in [0.25, 0.3) is 5.91 Å². The Labute approximate surface area is 192 Å². The molecular formula is C25H24ClN3OS. The number of halogens is 1. The van der Waals surface area contributed by atoms with E-state index in [1.165, 1.54) is 5.56 Å². The largest absolute Gasteiger partial charge is 0.320 e. The van der Waals surface area contributed by atoms with Crippen molar-refractivity contribution in [3.8, 4) is 0 Å². The maximum atomic E-state index is 12.8. The van der Waals surface area contributed by atoms with Gasteiger partial charge in [-0.05, 0) is 48.7 Å². The molecule has 0 fully saturated rings. The van der Waals surface area contributed by atoms with Gasteiger partial charge in [-0.2, -0.15) is 0 Å². The van der Waals surface area contributed by atoms with Crippen LogP contribution in [0.2, 0.25) is 5.02 Å². The fraction of sp³-hybridized carbons (Fsp3) is 0.200. The van der Waals surface area contributed by atoms with Gasteiger partial charge >= 0.3 is 0 Å². The van der Waals surface area contributed by atoms with Crippen molar-refractivity contribution in [2.24, 2.45) is 0 Å². The normalized spacial score (nSPS) is 16.6. The molecule has 0 spiro atoms. The van der Waals surface area contributed by atoms with E-state index in [4.69, 9.17) is 11.6 Å². The number of nitrogens with zero attached hydrogens (tertiary/aromatic N) is 1. The van der Waals surface area contributed by atoms with Crippen LogP contribution < -0.4 is 10.6 Å². The molecule has 0 bridgehead atoms. The predicted molar refractivity (Wildman–Crippen MR) is 129 cm³/mol. The Bertz CT molecular complexity index is 1070. The van der Waals surface area contributed by atoms with Crippen molar-refractivity contribution in [3.63, 3.8) is 0 Å². The zero-order valence-corrected chi connectivity index (χ0v) is 18.8. The number of rotatable bonds is 7. The Morgan fingerprint density at radius 3 is 2.74 bits per heavy atom. The van der Waals surface area contributed by atoms with Crippen molar-refractivity contribution in [3.05, 3.63) is 106 Å². The van der Waals surface area contributed by atoms with Gasteiger partial charge in [0, 0.05) is 18.8 Å². The molecule has 0 radical (unpaired) electrons. The summed E-state index contributed by atoms with van der Waals surface area (Å²) >= 11 is 7.90. The summed E-state index contributed by atoms with van der Waals surface area (Å²) < 4.78 is 0. The smallest absolute Gasteiger partial charge is 0.261 e. The Kier molecular flexibility index (Phi) is 7.07. The molecule has 2 atom stereocenters. The lowest BCUT2D eigenvalue weighted by molar-refractivity contribution is -0.112. The minimum atomic E-state index is -0.131. The Morgan fingerprint density at radius 1 is 1.16 bits per heavy atom. The van der Waals surface area contributed by atoms with Crippen molar-refractivity contribution in [1.82, 2.24) is 10.3 Å². The lowest BCUT2D eigenvalue weighted by Gasteiger charge is -2.15. The van der Waals surface area contributed by atoms with E-state index < -0.39 is 0 Å². The molecule has 1 aliphatic heterocycles.